The summed E-state index contributed by atoms with van der Waals surface area (Å²) in [6.45, 7) is 6.69. The molecule has 0 saturated heterocycles. The highest BCUT2D eigenvalue weighted by Crippen LogP contribution is 2.42. The van der Waals surface area contributed by atoms with Crippen LogP contribution >= 0.6 is 0 Å². The highest BCUT2D eigenvalue weighted by molar-refractivity contribution is 5.54. The van der Waals surface area contributed by atoms with Crippen molar-refractivity contribution in [2.45, 2.75) is 45.8 Å². The molecule has 1 saturated carbocycles. The van der Waals surface area contributed by atoms with E-state index in [9.17, 15) is 10.4 Å². The van der Waals surface area contributed by atoms with Crippen LogP contribution in [0.1, 0.15) is 37.1 Å². The van der Waals surface area contributed by atoms with Crippen LogP contribution in [0, 0.1) is 23.7 Å². The third-order valence-corrected chi connectivity index (χ3v) is 5.20. The average molecular weight is 352 g/mol. The lowest BCUT2D eigenvalue weighted by Gasteiger charge is -2.49. The van der Waals surface area contributed by atoms with Crippen LogP contribution < -0.4 is 10.6 Å². The number of rotatable bonds is 6. The summed E-state index contributed by atoms with van der Waals surface area (Å²) in [5.41, 5.74) is 2.34. The second kappa shape index (κ2) is 7.26. The molecule has 26 heavy (non-hydrogen) atoms. The van der Waals surface area contributed by atoms with Gasteiger partial charge in [0.2, 0.25) is 5.95 Å². The zero-order valence-corrected chi connectivity index (χ0v) is 15.3. The fourth-order valence-electron chi connectivity index (χ4n) is 3.04. The van der Waals surface area contributed by atoms with Gasteiger partial charge in [0, 0.05) is 36.3 Å². The number of aromatic nitrogens is 3. The van der Waals surface area contributed by atoms with Crippen LogP contribution in [0.15, 0.2) is 24.5 Å². The Kier molecular flexibility index (Phi) is 5.05. The summed E-state index contributed by atoms with van der Waals surface area (Å²) in [5.74, 6) is 0.974. The quantitative estimate of drug-likeness (QED) is 0.732. The fourth-order valence-corrected chi connectivity index (χ4v) is 3.04. The molecule has 7 heteroatoms. The molecule has 7 nitrogen and oxygen atoms in total. The summed E-state index contributed by atoms with van der Waals surface area (Å²) in [5, 5.41) is 25.7. The Morgan fingerprint density at radius 2 is 2.19 bits per heavy atom. The molecule has 1 aliphatic rings. The van der Waals surface area contributed by atoms with Crippen LogP contribution in [0.5, 0.6) is 0 Å². The molecule has 2 heterocycles. The number of aryl methyl sites for hydroxylation is 1. The van der Waals surface area contributed by atoms with Gasteiger partial charge in [-0.3, -0.25) is 4.98 Å². The number of aliphatic hydroxyl groups is 1. The Labute approximate surface area is 153 Å². The zero-order chi connectivity index (χ0) is 18.7. The Morgan fingerprint density at radius 1 is 1.38 bits per heavy atom. The van der Waals surface area contributed by atoms with E-state index >= 15 is 0 Å². The molecule has 2 aromatic rings. The average Bonchev–Trinajstić information content (AvgIpc) is 2.63. The van der Waals surface area contributed by atoms with E-state index in [1.54, 1.807) is 6.20 Å². The number of nitriles is 1. The molecule has 1 fully saturated rings. The molecule has 0 spiro atoms. The van der Waals surface area contributed by atoms with E-state index in [0.29, 0.717) is 30.3 Å². The Balaban J connectivity index is 1.66. The van der Waals surface area contributed by atoms with Gasteiger partial charge in [-0.2, -0.15) is 10.2 Å². The van der Waals surface area contributed by atoms with E-state index in [1.165, 1.54) is 6.20 Å². The summed E-state index contributed by atoms with van der Waals surface area (Å²) in [7, 11) is 0. The van der Waals surface area contributed by atoms with Gasteiger partial charge in [-0.1, -0.05) is 19.9 Å². The Bertz CT molecular complexity index is 829. The minimum absolute atomic E-state index is 0.0727. The van der Waals surface area contributed by atoms with Gasteiger partial charge >= 0.3 is 0 Å². The fraction of sp³-hybridized carbons (Fsp3) is 0.474. The predicted molar refractivity (Wildman–Crippen MR) is 99.7 cm³/mol. The van der Waals surface area contributed by atoms with Gasteiger partial charge in [0.15, 0.2) is 0 Å². The van der Waals surface area contributed by atoms with Crippen LogP contribution in [-0.4, -0.2) is 38.7 Å². The van der Waals surface area contributed by atoms with Gasteiger partial charge in [-0.05, 0) is 25.0 Å². The van der Waals surface area contributed by atoms with Gasteiger partial charge in [0.05, 0.1) is 12.3 Å². The van der Waals surface area contributed by atoms with Crippen molar-refractivity contribution in [2.24, 2.45) is 5.41 Å². The van der Waals surface area contributed by atoms with E-state index in [4.69, 9.17) is 0 Å². The molecule has 136 valence electrons. The monoisotopic (exact) mass is 352 g/mol. The van der Waals surface area contributed by atoms with Crippen molar-refractivity contribution in [3.8, 4) is 6.07 Å². The number of pyridine rings is 1. The van der Waals surface area contributed by atoms with E-state index in [-0.39, 0.29) is 17.6 Å². The molecule has 2 atom stereocenters. The third-order valence-electron chi connectivity index (χ3n) is 5.20. The minimum atomic E-state index is -0.341. The highest BCUT2D eigenvalue weighted by atomic mass is 16.3. The van der Waals surface area contributed by atoms with Crippen molar-refractivity contribution < 1.29 is 5.11 Å². The van der Waals surface area contributed by atoms with E-state index in [2.05, 4.69) is 31.7 Å². The van der Waals surface area contributed by atoms with Crippen molar-refractivity contribution in [3.05, 3.63) is 41.3 Å². The normalized spacial score (nSPS) is 20.7. The summed E-state index contributed by atoms with van der Waals surface area (Å²) in [6, 6.07) is 6.15. The number of anilines is 2. The summed E-state index contributed by atoms with van der Waals surface area (Å²) in [4.78, 5) is 13.0. The molecule has 2 aromatic heterocycles. The van der Waals surface area contributed by atoms with E-state index < -0.39 is 0 Å². The summed E-state index contributed by atoms with van der Waals surface area (Å²) in [6.07, 6.45) is 4.37. The molecule has 0 aliphatic heterocycles. The molecular weight excluding hydrogens is 328 g/mol. The molecular formula is C19H24N6O. The minimum Gasteiger partial charge on any atom is -0.392 e. The maximum Gasteiger partial charge on any atom is 0.224 e. The molecule has 0 aromatic carbocycles. The maximum atomic E-state index is 9.90. The third kappa shape index (κ3) is 3.60. The summed E-state index contributed by atoms with van der Waals surface area (Å²) >= 11 is 0. The first-order chi connectivity index (χ1) is 12.4. The lowest BCUT2D eigenvalue weighted by molar-refractivity contribution is -0.0511. The summed E-state index contributed by atoms with van der Waals surface area (Å²) < 4.78 is 0. The number of aliphatic hydroxyl groups excluding tert-OH is 1. The topological polar surface area (TPSA) is 107 Å². The predicted octanol–water partition coefficient (Wildman–Crippen LogP) is 2.28. The van der Waals surface area contributed by atoms with Gasteiger partial charge < -0.3 is 15.7 Å². The second-order valence-corrected chi connectivity index (χ2v) is 7.28. The second-order valence-electron chi connectivity index (χ2n) is 7.28. The van der Waals surface area contributed by atoms with Crippen LogP contribution in [0.4, 0.5) is 11.8 Å². The molecule has 3 N–H and O–H groups in total. The zero-order valence-electron chi connectivity index (χ0n) is 15.3. The molecule has 1 aliphatic carbocycles. The number of nitrogens with one attached hydrogen (secondary N) is 2. The van der Waals surface area contributed by atoms with Gasteiger partial charge in [0.25, 0.3) is 0 Å². The van der Waals surface area contributed by atoms with Gasteiger partial charge in [-0.15, -0.1) is 0 Å². The lowest BCUT2D eigenvalue weighted by Crippen LogP contribution is -2.57. The Hall–Kier alpha value is -2.72. The standard InChI is InChI=1S/C19H24N6O/c1-12-5-4-7-21-14(12)6-8-22-18-23-11-13(10-20)17(25-18)24-15-9-16(26)19(15,2)3/h4-5,7,11,15-16,26H,6,8-9H2,1-3H3,(H2,22,23,24,25)/t15-,16+/m1/s1. The maximum absolute atomic E-state index is 9.90. The first-order valence-corrected chi connectivity index (χ1v) is 8.78. The number of nitrogens with zero attached hydrogens (tertiary/aromatic N) is 4. The van der Waals surface area contributed by atoms with E-state index in [0.717, 1.165) is 17.7 Å². The molecule has 0 unspecified atom stereocenters. The van der Waals surface area contributed by atoms with Crippen molar-refractivity contribution in [2.75, 3.05) is 17.2 Å². The number of hydrogen-bond acceptors (Lipinski definition) is 7. The van der Waals surface area contributed by atoms with Crippen LogP contribution in [0.3, 0.4) is 0 Å². The van der Waals surface area contributed by atoms with E-state index in [1.807, 2.05) is 32.9 Å². The van der Waals surface area contributed by atoms with Gasteiger partial charge in [-0.25, -0.2) is 4.98 Å². The lowest BCUT2D eigenvalue weighted by atomic mass is 9.64. The number of hydrogen-bond donors (Lipinski definition) is 3. The molecule has 0 radical (unpaired) electrons. The van der Waals surface area contributed by atoms with Crippen molar-refractivity contribution in [3.63, 3.8) is 0 Å². The smallest absolute Gasteiger partial charge is 0.224 e. The first-order valence-electron chi connectivity index (χ1n) is 8.78. The first kappa shape index (κ1) is 18.1. The highest BCUT2D eigenvalue weighted by Gasteiger charge is 2.47. The largest absolute Gasteiger partial charge is 0.392 e. The van der Waals surface area contributed by atoms with Crippen molar-refractivity contribution in [1.82, 2.24) is 15.0 Å². The molecule has 0 bridgehead atoms. The van der Waals surface area contributed by atoms with Crippen LogP contribution in [0.2, 0.25) is 0 Å². The van der Waals surface area contributed by atoms with Crippen LogP contribution in [0.25, 0.3) is 0 Å². The van der Waals surface area contributed by atoms with Crippen LogP contribution in [-0.2, 0) is 6.42 Å². The van der Waals surface area contributed by atoms with Crippen molar-refractivity contribution >= 4 is 11.8 Å². The Morgan fingerprint density at radius 3 is 2.85 bits per heavy atom. The molecule has 3 rings (SSSR count). The van der Waals surface area contributed by atoms with Crippen molar-refractivity contribution in [1.29, 1.82) is 5.26 Å². The SMILES string of the molecule is Cc1cccnc1CCNc1ncc(C#N)c(N[C@@H]2C[C@H](O)C2(C)C)n1. The van der Waals surface area contributed by atoms with Gasteiger partial charge in [0.1, 0.15) is 17.5 Å². The molecule has 0 amide bonds.